The van der Waals surface area contributed by atoms with Gasteiger partial charge in [0.2, 0.25) is 17.6 Å². The van der Waals surface area contributed by atoms with Crippen LogP contribution in [0.2, 0.25) is 0 Å². The van der Waals surface area contributed by atoms with Gasteiger partial charge in [-0.1, -0.05) is 64.4 Å². The van der Waals surface area contributed by atoms with Gasteiger partial charge in [0.25, 0.3) is 5.91 Å². The van der Waals surface area contributed by atoms with E-state index < -0.39 is 61.9 Å². The standard InChI is InChI=1S/C39H64N6O7S/c1-6-8-17-28(32(46)34(48)40-22-7-2)42-33(47)31-30-27(38(20-21-38)24-41-30)23-45(31)35(49)29(26-15-11-9-12-16-26)43-36(50)44-39(18-13-10-14-19-39)25-53(51,52)37(3,4)5/h7,26-31,41H,2,6,8-25H2,1,3-5H3,(H,40,48)(H,42,47)(H2,43,44,50)/t27-,28?,29-,30-,31-/m0/s1. The molecule has 3 aliphatic carbocycles. The zero-order valence-electron chi connectivity index (χ0n) is 32.4. The summed E-state index contributed by atoms with van der Waals surface area (Å²) in [6, 6.07) is -3.78. The van der Waals surface area contributed by atoms with Crippen molar-refractivity contribution in [2.75, 3.05) is 25.4 Å². The molecule has 13 nitrogen and oxygen atoms in total. The Morgan fingerprint density at radius 1 is 0.962 bits per heavy atom. The molecule has 0 bridgehead atoms. The van der Waals surface area contributed by atoms with Crippen LogP contribution in [0.4, 0.5) is 4.79 Å². The summed E-state index contributed by atoms with van der Waals surface area (Å²) in [5.74, 6) is -2.63. The SMILES string of the molecule is C=CCNC(=O)C(=O)C(CCCC)NC(=O)[C@@H]1[C@H]2NCC3(CC3)[C@H]2CN1C(=O)[C@@H](NC(=O)NC1(CS(=O)(=O)C(C)(C)C)CCCCC1)C1CCCCC1. The van der Waals surface area contributed by atoms with E-state index in [2.05, 4.69) is 33.2 Å². The normalized spacial score (nSPS) is 26.2. The van der Waals surface area contributed by atoms with E-state index in [1.54, 1.807) is 25.7 Å². The summed E-state index contributed by atoms with van der Waals surface area (Å²) < 4.78 is 25.9. The van der Waals surface area contributed by atoms with Crippen molar-refractivity contribution in [1.82, 2.24) is 31.5 Å². The molecule has 0 aromatic heterocycles. The van der Waals surface area contributed by atoms with E-state index in [4.69, 9.17) is 0 Å². The number of urea groups is 1. The van der Waals surface area contributed by atoms with Crippen molar-refractivity contribution in [2.45, 2.75) is 158 Å². The molecular weight excluding hydrogens is 697 g/mol. The van der Waals surface area contributed by atoms with Crippen LogP contribution in [0.5, 0.6) is 0 Å². The smallest absolute Gasteiger partial charge is 0.315 e. The van der Waals surface area contributed by atoms with Gasteiger partial charge >= 0.3 is 6.03 Å². The Morgan fingerprint density at radius 2 is 1.62 bits per heavy atom. The number of carbonyl (C=O) groups is 5. The van der Waals surface area contributed by atoms with E-state index in [0.717, 1.165) is 77.2 Å². The molecular formula is C39H64N6O7S. The molecule has 5 amide bonds. The van der Waals surface area contributed by atoms with Gasteiger partial charge in [0.15, 0.2) is 9.84 Å². The third kappa shape index (κ3) is 9.28. The van der Waals surface area contributed by atoms with Crippen molar-refractivity contribution < 1.29 is 32.4 Å². The van der Waals surface area contributed by atoms with Crippen molar-refractivity contribution in [1.29, 1.82) is 0 Å². The predicted molar refractivity (Wildman–Crippen MR) is 204 cm³/mol. The lowest BCUT2D eigenvalue weighted by atomic mass is 9.82. The maximum Gasteiger partial charge on any atom is 0.315 e. The molecule has 1 spiro atoms. The molecule has 5 rings (SSSR count). The average Bonchev–Trinajstić information content (AvgIpc) is 3.69. The second-order valence-electron chi connectivity index (χ2n) is 17.6. The molecule has 3 saturated carbocycles. The Bertz CT molecular complexity index is 1490. The highest BCUT2D eigenvalue weighted by molar-refractivity contribution is 7.92. The molecule has 0 aromatic rings. The van der Waals surface area contributed by atoms with E-state index in [-0.39, 0.29) is 47.9 Å². The first-order valence-corrected chi connectivity index (χ1v) is 21.8. The first-order valence-electron chi connectivity index (χ1n) is 20.2. The van der Waals surface area contributed by atoms with E-state index in [1.807, 2.05) is 6.92 Å². The number of ketones is 1. The second-order valence-corrected chi connectivity index (χ2v) is 20.3. The first kappa shape index (κ1) is 41.2. The number of amides is 5. The Labute approximate surface area is 316 Å². The molecule has 1 unspecified atom stereocenters. The number of rotatable bonds is 15. The summed E-state index contributed by atoms with van der Waals surface area (Å²) in [6.45, 7) is 11.8. The van der Waals surface area contributed by atoms with Gasteiger partial charge in [-0.15, -0.1) is 6.58 Å². The summed E-state index contributed by atoms with van der Waals surface area (Å²) in [4.78, 5) is 71.0. The summed E-state index contributed by atoms with van der Waals surface area (Å²) >= 11 is 0. The maximum atomic E-state index is 14.9. The number of fused-ring (bicyclic) bond motifs is 2. The highest BCUT2D eigenvalue weighted by atomic mass is 32.2. The number of nitrogens with zero attached hydrogens (tertiary/aromatic N) is 1. The van der Waals surface area contributed by atoms with Crippen molar-refractivity contribution in [3.05, 3.63) is 12.7 Å². The molecule has 298 valence electrons. The van der Waals surface area contributed by atoms with Gasteiger partial charge in [-0.25, -0.2) is 13.2 Å². The minimum Gasteiger partial charge on any atom is -0.346 e. The van der Waals surface area contributed by atoms with Gasteiger partial charge in [-0.05, 0) is 77.0 Å². The van der Waals surface area contributed by atoms with Crippen molar-refractivity contribution in [2.24, 2.45) is 17.3 Å². The van der Waals surface area contributed by atoms with Crippen LogP contribution < -0.4 is 26.6 Å². The fraction of sp³-hybridized carbons (Fsp3) is 0.821. The Hall–Kier alpha value is -3.00. The number of unbranched alkanes of at least 4 members (excludes halogenated alkanes) is 1. The van der Waals surface area contributed by atoms with Crippen LogP contribution in [0.25, 0.3) is 0 Å². The van der Waals surface area contributed by atoms with Gasteiger partial charge in [-0.2, -0.15) is 0 Å². The number of Topliss-reactive ketones (excluding diaryl/α,β-unsaturated/α-hetero) is 1. The molecule has 2 aliphatic heterocycles. The first-order chi connectivity index (χ1) is 25.1. The van der Waals surface area contributed by atoms with Gasteiger partial charge < -0.3 is 31.5 Å². The van der Waals surface area contributed by atoms with Crippen LogP contribution in [0.3, 0.4) is 0 Å². The van der Waals surface area contributed by atoms with Crippen molar-refractivity contribution in [3.63, 3.8) is 0 Å². The van der Waals surface area contributed by atoms with Crippen LogP contribution in [-0.4, -0.2) is 103 Å². The quantitative estimate of drug-likeness (QED) is 0.125. The third-order valence-corrected chi connectivity index (χ3v) is 15.6. The van der Waals surface area contributed by atoms with Gasteiger partial charge in [-0.3, -0.25) is 19.2 Å². The van der Waals surface area contributed by atoms with E-state index in [9.17, 15) is 32.4 Å². The zero-order chi connectivity index (χ0) is 38.6. The molecule has 2 heterocycles. The number of hydrogen-bond acceptors (Lipinski definition) is 8. The predicted octanol–water partition coefficient (Wildman–Crippen LogP) is 3.28. The summed E-state index contributed by atoms with van der Waals surface area (Å²) in [6.07, 6.45) is 13.1. The number of sulfone groups is 1. The molecule has 5 atom stereocenters. The summed E-state index contributed by atoms with van der Waals surface area (Å²) in [5, 5.41) is 15.1. The summed E-state index contributed by atoms with van der Waals surface area (Å²) in [7, 11) is -3.57. The highest BCUT2D eigenvalue weighted by Gasteiger charge is 2.64. The van der Waals surface area contributed by atoms with Crippen LogP contribution in [-0.2, 0) is 29.0 Å². The summed E-state index contributed by atoms with van der Waals surface area (Å²) in [5.41, 5.74) is -0.931. The third-order valence-electron chi connectivity index (χ3n) is 12.8. The Morgan fingerprint density at radius 3 is 2.23 bits per heavy atom. The Balaban J connectivity index is 1.41. The van der Waals surface area contributed by atoms with E-state index >= 15 is 0 Å². The molecule has 0 aromatic carbocycles. The van der Waals surface area contributed by atoms with Gasteiger partial charge in [0, 0.05) is 31.6 Å². The molecule has 5 fully saturated rings. The molecule has 5 aliphatic rings. The zero-order valence-corrected chi connectivity index (χ0v) is 33.2. The minimum absolute atomic E-state index is 0.0112. The van der Waals surface area contributed by atoms with Crippen molar-refractivity contribution in [3.8, 4) is 0 Å². The van der Waals surface area contributed by atoms with Gasteiger partial charge in [0.05, 0.1) is 22.1 Å². The molecule has 14 heteroatoms. The van der Waals surface area contributed by atoms with Crippen LogP contribution in [0, 0.1) is 17.3 Å². The Kier molecular flexibility index (Phi) is 13.0. The van der Waals surface area contributed by atoms with Crippen LogP contribution >= 0.6 is 0 Å². The highest BCUT2D eigenvalue weighted by Crippen LogP contribution is 2.58. The van der Waals surface area contributed by atoms with E-state index in [0.29, 0.717) is 25.8 Å². The molecule has 53 heavy (non-hydrogen) atoms. The number of nitrogens with one attached hydrogen (secondary N) is 5. The largest absolute Gasteiger partial charge is 0.346 e. The molecule has 0 radical (unpaired) electrons. The lowest BCUT2D eigenvalue weighted by molar-refractivity contribution is -0.143. The maximum absolute atomic E-state index is 14.9. The van der Waals surface area contributed by atoms with Gasteiger partial charge in [0.1, 0.15) is 12.1 Å². The monoisotopic (exact) mass is 760 g/mol. The fourth-order valence-corrected chi connectivity index (χ4v) is 10.8. The average molecular weight is 761 g/mol. The second kappa shape index (κ2) is 16.8. The lowest BCUT2D eigenvalue weighted by Crippen LogP contribution is -2.63. The molecule has 5 N–H and O–H groups in total. The van der Waals surface area contributed by atoms with Crippen LogP contribution in [0.1, 0.15) is 124 Å². The lowest BCUT2D eigenvalue weighted by Gasteiger charge is -2.41. The fourth-order valence-electron chi connectivity index (χ4n) is 9.28. The minimum atomic E-state index is -3.57. The van der Waals surface area contributed by atoms with Crippen molar-refractivity contribution >= 4 is 39.4 Å². The number of hydrogen-bond donors (Lipinski definition) is 5. The number of likely N-dealkylation sites (tertiary alicyclic amines) is 1. The molecule has 2 saturated heterocycles. The topological polar surface area (TPSA) is 183 Å². The number of carbonyl (C=O) groups excluding carboxylic acids is 5. The van der Waals surface area contributed by atoms with Crippen LogP contribution in [0.15, 0.2) is 12.7 Å². The van der Waals surface area contributed by atoms with E-state index in [1.165, 1.54) is 6.08 Å².